The Labute approximate surface area is 114 Å². The molecule has 0 radical (unpaired) electrons. The molecule has 0 spiro atoms. The molecule has 1 N–H and O–H groups in total. The largest absolute Gasteiger partial charge is 0.375 e. The highest BCUT2D eigenvalue weighted by Gasteiger charge is 2.43. The van der Waals surface area contributed by atoms with E-state index in [9.17, 15) is 4.39 Å². The molecule has 104 valence electrons. The molecule has 2 saturated heterocycles. The first-order valence-corrected chi connectivity index (χ1v) is 7.25. The van der Waals surface area contributed by atoms with E-state index < -0.39 is 0 Å². The summed E-state index contributed by atoms with van der Waals surface area (Å²) < 4.78 is 19.1. The number of aryl methyl sites for hydroxylation is 1. The average Bonchev–Trinajstić information content (AvgIpc) is 3.00. The van der Waals surface area contributed by atoms with E-state index in [0.29, 0.717) is 24.2 Å². The third-order valence-electron chi connectivity index (χ3n) is 4.79. The molecule has 19 heavy (non-hydrogen) atoms. The van der Waals surface area contributed by atoms with Crippen LogP contribution in [0.1, 0.15) is 30.4 Å². The summed E-state index contributed by atoms with van der Waals surface area (Å²) in [5.41, 5.74) is 2.29. The molecule has 0 amide bonds. The number of fused-ring (bicyclic) bond motifs is 2. The predicted molar refractivity (Wildman–Crippen MR) is 73.7 cm³/mol. The predicted octanol–water partition coefficient (Wildman–Crippen LogP) is 2.83. The van der Waals surface area contributed by atoms with Crippen LogP contribution in [0, 0.1) is 18.7 Å². The monoisotopic (exact) mass is 263 g/mol. The lowest BCUT2D eigenvalue weighted by molar-refractivity contribution is 0.0863. The standard InChI is InChI=1S/C16H22FNO/c1-10-7-12(17)4-3-11(10)8-15(18-2)14-9-13-5-6-16(14)19-13/h3-4,7,13-16,18H,5-6,8-9H2,1-2H3. The highest BCUT2D eigenvalue weighted by atomic mass is 19.1. The fourth-order valence-corrected chi connectivity index (χ4v) is 3.69. The van der Waals surface area contributed by atoms with E-state index in [-0.39, 0.29) is 5.82 Å². The summed E-state index contributed by atoms with van der Waals surface area (Å²) in [5.74, 6) is 0.457. The molecule has 2 nitrogen and oxygen atoms in total. The van der Waals surface area contributed by atoms with Crippen molar-refractivity contribution >= 4 is 0 Å². The molecular weight excluding hydrogens is 241 g/mol. The van der Waals surface area contributed by atoms with Gasteiger partial charge in [0.2, 0.25) is 0 Å². The molecule has 3 rings (SSSR count). The summed E-state index contributed by atoms with van der Waals surface area (Å²) in [4.78, 5) is 0. The van der Waals surface area contributed by atoms with Gasteiger partial charge in [0, 0.05) is 12.0 Å². The highest BCUT2D eigenvalue weighted by molar-refractivity contribution is 5.27. The third kappa shape index (κ3) is 2.54. The number of hydrogen-bond donors (Lipinski definition) is 1. The van der Waals surface area contributed by atoms with Crippen molar-refractivity contribution in [3.63, 3.8) is 0 Å². The molecule has 2 heterocycles. The van der Waals surface area contributed by atoms with Crippen LogP contribution in [-0.4, -0.2) is 25.3 Å². The third-order valence-corrected chi connectivity index (χ3v) is 4.79. The topological polar surface area (TPSA) is 21.3 Å². The molecule has 1 aromatic carbocycles. The number of benzene rings is 1. The zero-order valence-electron chi connectivity index (χ0n) is 11.7. The van der Waals surface area contributed by atoms with Crippen molar-refractivity contribution in [1.82, 2.24) is 5.32 Å². The van der Waals surface area contributed by atoms with E-state index in [1.54, 1.807) is 12.1 Å². The Morgan fingerprint density at radius 3 is 2.84 bits per heavy atom. The van der Waals surface area contributed by atoms with Gasteiger partial charge in [0.15, 0.2) is 0 Å². The Morgan fingerprint density at radius 2 is 2.26 bits per heavy atom. The van der Waals surface area contributed by atoms with Crippen LogP contribution in [-0.2, 0) is 11.2 Å². The Bertz CT molecular complexity index is 462. The van der Waals surface area contributed by atoms with Crippen molar-refractivity contribution < 1.29 is 9.13 Å². The van der Waals surface area contributed by atoms with Crippen LogP contribution in [0.4, 0.5) is 4.39 Å². The van der Waals surface area contributed by atoms with E-state index in [1.807, 2.05) is 20.0 Å². The number of nitrogens with one attached hydrogen (secondary N) is 1. The van der Waals surface area contributed by atoms with Gasteiger partial charge in [0.05, 0.1) is 12.2 Å². The summed E-state index contributed by atoms with van der Waals surface area (Å²) in [6.45, 7) is 1.99. The average molecular weight is 263 g/mol. The minimum absolute atomic E-state index is 0.148. The summed E-state index contributed by atoms with van der Waals surface area (Å²) in [7, 11) is 2.02. The molecular formula is C16H22FNO. The van der Waals surface area contributed by atoms with Crippen molar-refractivity contribution in [2.45, 2.75) is 50.9 Å². The fraction of sp³-hybridized carbons (Fsp3) is 0.625. The second-order valence-electron chi connectivity index (χ2n) is 5.94. The van der Waals surface area contributed by atoms with Gasteiger partial charge in [-0.1, -0.05) is 6.07 Å². The van der Waals surface area contributed by atoms with E-state index in [1.165, 1.54) is 24.8 Å². The first-order valence-electron chi connectivity index (χ1n) is 7.25. The minimum Gasteiger partial charge on any atom is -0.375 e. The minimum atomic E-state index is -0.148. The summed E-state index contributed by atoms with van der Waals surface area (Å²) in [6.07, 6.45) is 5.49. The molecule has 0 saturated carbocycles. The lowest BCUT2D eigenvalue weighted by Crippen LogP contribution is -2.40. The summed E-state index contributed by atoms with van der Waals surface area (Å²) in [5, 5.41) is 3.45. The smallest absolute Gasteiger partial charge is 0.123 e. The van der Waals surface area contributed by atoms with Gasteiger partial charge in [0.1, 0.15) is 5.82 Å². The quantitative estimate of drug-likeness (QED) is 0.902. The van der Waals surface area contributed by atoms with Crippen molar-refractivity contribution in [3.8, 4) is 0 Å². The van der Waals surface area contributed by atoms with Crippen molar-refractivity contribution in [2.75, 3.05) is 7.05 Å². The van der Waals surface area contributed by atoms with E-state index >= 15 is 0 Å². The summed E-state index contributed by atoms with van der Waals surface area (Å²) in [6, 6.07) is 5.54. The molecule has 2 aliphatic rings. The second kappa shape index (κ2) is 5.22. The molecule has 2 bridgehead atoms. The zero-order valence-corrected chi connectivity index (χ0v) is 11.7. The lowest BCUT2D eigenvalue weighted by Gasteiger charge is -2.28. The van der Waals surface area contributed by atoms with Gasteiger partial charge in [0.25, 0.3) is 0 Å². The summed E-state index contributed by atoms with van der Waals surface area (Å²) >= 11 is 0. The van der Waals surface area contributed by atoms with Gasteiger partial charge in [-0.15, -0.1) is 0 Å². The van der Waals surface area contributed by atoms with Gasteiger partial charge in [-0.2, -0.15) is 0 Å². The van der Waals surface area contributed by atoms with Gasteiger partial charge in [-0.05, 0) is 62.9 Å². The molecule has 2 aliphatic heterocycles. The molecule has 2 fully saturated rings. The van der Waals surface area contributed by atoms with Crippen LogP contribution in [0.5, 0.6) is 0 Å². The van der Waals surface area contributed by atoms with Crippen molar-refractivity contribution in [3.05, 3.63) is 35.1 Å². The zero-order chi connectivity index (χ0) is 13.4. The molecule has 4 atom stereocenters. The molecule has 1 aromatic rings. The number of likely N-dealkylation sites (N-methyl/N-ethyl adjacent to an activating group) is 1. The number of halogens is 1. The van der Waals surface area contributed by atoms with Gasteiger partial charge in [-0.3, -0.25) is 0 Å². The van der Waals surface area contributed by atoms with Crippen LogP contribution in [0.3, 0.4) is 0 Å². The SMILES string of the molecule is CNC(Cc1ccc(F)cc1C)C1CC2CCC1O2. The normalized spacial score (nSPS) is 30.8. The maximum Gasteiger partial charge on any atom is 0.123 e. The fourth-order valence-electron chi connectivity index (χ4n) is 3.69. The second-order valence-corrected chi connectivity index (χ2v) is 5.94. The van der Waals surface area contributed by atoms with Gasteiger partial charge >= 0.3 is 0 Å². The first-order chi connectivity index (χ1) is 9.17. The van der Waals surface area contributed by atoms with Crippen molar-refractivity contribution in [1.29, 1.82) is 0 Å². The Balaban J connectivity index is 1.73. The molecule has 0 aromatic heterocycles. The number of rotatable bonds is 4. The van der Waals surface area contributed by atoms with Crippen LogP contribution in [0.2, 0.25) is 0 Å². The van der Waals surface area contributed by atoms with Crippen molar-refractivity contribution in [2.24, 2.45) is 5.92 Å². The number of hydrogen-bond acceptors (Lipinski definition) is 2. The maximum absolute atomic E-state index is 13.2. The van der Waals surface area contributed by atoms with Gasteiger partial charge < -0.3 is 10.1 Å². The highest BCUT2D eigenvalue weighted by Crippen LogP contribution is 2.41. The number of ether oxygens (including phenoxy) is 1. The molecule has 0 aliphatic carbocycles. The van der Waals surface area contributed by atoms with Crippen LogP contribution in [0.25, 0.3) is 0 Å². The van der Waals surface area contributed by atoms with E-state index in [4.69, 9.17) is 4.74 Å². The Morgan fingerprint density at radius 1 is 1.42 bits per heavy atom. The van der Waals surface area contributed by atoms with E-state index in [2.05, 4.69) is 5.32 Å². The maximum atomic E-state index is 13.2. The van der Waals surface area contributed by atoms with Crippen LogP contribution < -0.4 is 5.32 Å². The van der Waals surface area contributed by atoms with E-state index in [0.717, 1.165) is 12.0 Å². The first kappa shape index (κ1) is 13.1. The lowest BCUT2D eigenvalue weighted by atomic mass is 9.81. The Hall–Kier alpha value is -0.930. The molecule has 3 heteroatoms. The van der Waals surface area contributed by atoms with Crippen LogP contribution >= 0.6 is 0 Å². The van der Waals surface area contributed by atoms with Crippen LogP contribution in [0.15, 0.2) is 18.2 Å². The molecule has 4 unspecified atom stereocenters. The Kier molecular flexibility index (Phi) is 3.59. The van der Waals surface area contributed by atoms with Gasteiger partial charge in [-0.25, -0.2) is 4.39 Å².